The fourth-order valence-electron chi connectivity index (χ4n) is 3.98. The number of aromatic nitrogens is 1. The maximum absolute atomic E-state index is 2.44. The molecule has 29 heavy (non-hydrogen) atoms. The first-order valence-electron chi connectivity index (χ1n) is 10.0. The van der Waals surface area contributed by atoms with E-state index in [9.17, 15) is 0 Å². The molecule has 1 aromatic heterocycles. The van der Waals surface area contributed by atoms with Crippen molar-refractivity contribution in [2.75, 3.05) is 0 Å². The quantitative estimate of drug-likeness (QED) is 0.356. The molecule has 0 bridgehead atoms. The highest BCUT2D eigenvalue weighted by Gasteiger charge is 2.11. The van der Waals surface area contributed by atoms with E-state index in [1.165, 1.54) is 43.0 Å². The minimum atomic E-state index is 0.689. The van der Waals surface area contributed by atoms with Gasteiger partial charge < -0.3 is 4.57 Å². The van der Waals surface area contributed by atoms with Crippen LogP contribution in [0.3, 0.4) is 0 Å². The van der Waals surface area contributed by atoms with Gasteiger partial charge in [-0.05, 0) is 52.4 Å². The fourth-order valence-corrected chi connectivity index (χ4v) is 6.13. The van der Waals surface area contributed by atoms with Gasteiger partial charge in [0.25, 0.3) is 0 Å². The summed E-state index contributed by atoms with van der Waals surface area (Å²) in [5.74, 6) is 0. The Labute approximate surface area is 175 Å². The lowest BCUT2D eigenvalue weighted by molar-refractivity contribution is 0.827. The number of fused-ring (bicyclic) bond motifs is 3. The standard InChI is InChI=1S/C26H23NP2/c1-2-27-25-15-13-21(28-19-9-5-3-6-10-19)17-23(25)24-18-22(14-16-26(24)27)29-20-11-7-4-8-12-20/h3-18,28-29H,2H2,1H3. The van der Waals surface area contributed by atoms with Gasteiger partial charge >= 0.3 is 0 Å². The number of aryl methyl sites for hydroxylation is 1. The molecular formula is C26H23NP2. The molecule has 1 heterocycles. The van der Waals surface area contributed by atoms with Gasteiger partial charge in [-0.2, -0.15) is 0 Å². The van der Waals surface area contributed by atoms with Gasteiger partial charge in [0, 0.05) is 28.4 Å². The lowest BCUT2D eigenvalue weighted by Crippen LogP contribution is -2.03. The van der Waals surface area contributed by atoms with E-state index in [1.807, 2.05) is 0 Å². The number of hydrogen-bond donors (Lipinski definition) is 0. The molecule has 4 aromatic carbocycles. The Hall–Kier alpha value is -2.46. The van der Waals surface area contributed by atoms with Crippen LogP contribution in [-0.4, -0.2) is 4.57 Å². The van der Waals surface area contributed by atoms with E-state index in [1.54, 1.807) is 0 Å². The van der Waals surface area contributed by atoms with E-state index in [2.05, 4.69) is 109 Å². The molecule has 0 amide bonds. The second kappa shape index (κ2) is 8.11. The predicted octanol–water partition coefficient (Wildman–Crippen LogP) is 5.07. The van der Waals surface area contributed by atoms with Gasteiger partial charge in [0.15, 0.2) is 0 Å². The van der Waals surface area contributed by atoms with Gasteiger partial charge in [0.05, 0.1) is 0 Å². The summed E-state index contributed by atoms with van der Waals surface area (Å²) < 4.78 is 2.44. The van der Waals surface area contributed by atoms with E-state index >= 15 is 0 Å². The van der Waals surface area contributed by atoms with Gasteiger partial charge in [-0.3, -0.25) is 0 Å². The smallest absolute Gasteiger partial charge is 0.0491 e. The van der Waals surface area contributed by atoms with Crippen LogP contribution in [0, 0.1) is 0 Å². The van der Waals surface area contributed by atoms with Crippen molar-refractivity contribution in [1.82, 2.24) is 4.57 Å². The van der Waals surface area contributed by atoms with E-state index in [4.69, 9.17) is 0 Å². The molecule has 2 unspecified atom stereocenters. The average Bonchev–Trinajstić information content (AvgIpc) is 3.07. The Bertz CT molecular complexity index is 1180. The monoisotopic (exact) mass is 411 g/mol. The van der Waals surface area contributed by atoms with Crippen molar-refractivity contribution in [1.29, 1.82) is 0 Å². The topological polar surface area (TPSA) is 4.93 Å². The minimum Gasteiger partial charge on any atom is -0.341 e. The van der Waals surface area contributed by atoms with Crippen LogP contribution >= 0.6 is 17.2 Å². The summed E-state index contributed by atoms with van der Waals surface area (Å²) in [5, 5.41) is 8.32. The maximum Gasteiger partial charge on any atom is 0.0491 e. The Balaban J connectivity index is 1.61. The zero-order valence-corrected chi connectivity index (χ0v) is 18.4. The SMILES string of the molecule is CCn1c2ccc(Pc3ccccc3)cc2c2cc(Pc3ccccc3)ccc21. The third kappa shape index (κ3) is 3.74. The van der Waals surface area contributed by atoms with Crippen molar-refractivity contribution < 1.29 is 0 Å². The van der Waals surface area contributed by atoms with Gasteiger partial charge in [-0.25, -0.2) is 0 Å². The highest BCUT2D eigenvalue weighted by atomic mass is 31.1. The van der Waals surface area contributed by atoms with Crippen LogP contribution in [-0.2, 0) is 6.54 Å². The number of benzene rings is 4. The number of rotatable bonds is 5. The molecule has 0 aliphatic rings. The molecule has 3 heteroatoms. The molecule has 2 atom stereocenters. The maximum atomic E-state index is 2.44. The molecule has 0 N–H and O–H groups in total. The van der Waals surface area contributed by atoms with Crippen LogP contribution in [0.5, 0.6) is 0 Å². The Morgan fingerprint density at radius 1 is 0.552 bits per heavy atom. The fraction of sp³-hybridized carbons (Fsp3) is 0.0769. The largest absolute Gasteiger partial charge is 0.341 e. The number of nitrogens with zero attached hydrogens (tertiary/aromatic N) is 1. The second-order valence-electron chi connectivity index (χ2n) is 7.19. The molecule has 0 aliphatic heterocycles. The first-order chi connectivity index (χ1) is 14.3. The molecule has 5 rings (SSSR count). The normalized spacial score (nSPS) is 12.2. The van der Waals surface area contributed by atoms with E-state index in [0.29, 0.717) is 17.2 Å². The van der Waals surface area contributed by atoms with Crippen molar-refractivity contribution >= 4 is 60.2 Å². The summed E-state index contributed by atoms with van der Waals surface area (Å²) in [6.45, 7) is 3.22. The molecule has 1 nitrogen and oxygen atoms in total. The first kappa shape index (κ1) is 18.6. The molecule has 0 radical (unpaired) electrons. The molecule has 0 aliphatic carbocycles. The van der Waals surface area contributed by atoms with E-state index in [0.717, 1.165) is 6.54 Å². The molecule has 0 saturated heterocycles. The van der Waals surface area contributed by atoms with Crippen LogP contribution in [0.25, 0.3) is 21.8 Å². The summed E-state index contributed by atoms with van der Waals surface area (Å²) in [7, 11) is 1.38. The Kier molecular flexibility index (Phi) is 5.19. The zero-order valence-electron chi connectivity index (χ0n) is 16.4. The third-order valence-electron chi connectivity index (χ3n) is 5.31. The summed E-state index contributed by atoms with van der Waals surface area (Å²) in [6, 6.07) is 35.6. The second-order valence-corrected chi connectivity index (χ2v) is 10.00. The predicted molar refractivity (Wildman–Crippen MR) is 133 cm³/mol. The van der Waals surface area contributed by atoms with Crippen LogP contribution in [0.4, 0.5) is 0 Å². The van der Waals surface area contributed by atoms with Crippen molar-refractivity contribution in [2.45, 2.75) is 13.5 Å². The molecule has 0 fully saturated rings. The minimum absolute atomic E-state index is 0.689. The molecule has 142 valence electrons. The van der Waals surface area contributed by atoms with Crippen molar-refractivity contribution in [3.63, 3.8) is 0 Å². The van der Waals surface area contributed by atoms with Crippen LogP contribution in [0.2, 0.25) is 0 Å². The lowest BCUT2D eigenvalue weighted by Gasteiger charge is -2.05. The lowest BCUT2D eigenvalue weighted by atomic mass is 10.1. The highest BCUT2D eigenvalue weighted by molar-refractivity contribution is 7.55. The van der Waals surface area contributed by atoms with Gasteiger partial charge in [0.1, 0.15) is 0 Å². The van der Waals surface area contributed by atoms with Crippen molar-refractivity contribution in [3.8, 4) is 0 Å². The molecular weight excluding hydrogens is 388 g/mol. The summed E-state index contributed by atoms with van der Waals surface area (Å²) in [6.07, 6.45) is 0. The highest BCUT2D eigenvalue weighted by Crippen LogP contribution is 2.30. The van der Waals surface area contributed by atoms with Crippen molar-refractivity contribution in [2.24, 2.45) is 0 Å². The summed E-state index contributed by atoms with van der Waals surface area (Å²) >= 11 is 0. The number of hydrogen-bond acceptors (Lipinski definition) is 0. The zero-order chi connectivity index (χ0) is 19.6. The van der Waals surface area contributed by atoms with E-state index in [-0.39, 0.29) is 0 Å². The van der Waals surface area contributed by atoms with Crippen molar-refractivity contribution in [3.05, 3.63) is 97.1 Å². The summed E-state index contributed by atoms with van der Waals surface area (Å²) in [4.78, 5) is 0. The molecule has 0 spiro atoms. The van der Waals surface area contributed by atoms with Crippen LogP contribution in [0.15, 0.2) is 97.1 Å². The van der Waals surface area contributed by atoms with Gasteiger partial charge in [0.2, 0.25) is 0 Å². The van der Waals surface area contributed by atoms with Gasteiger partial charge in [-0.1, -0.05) is 90.0 Å². The van der Waals surface area contributed by atoms with Crippen LogP contribution in [0.1, 0.15) is 6.92 Å². The first-order valence-corrected chi connectivity index (χ1v) is 12.0. The van der Waals surface area contributed by atoms with Gasteiger partial charge in [-0.15, -0.1) is 0 Å². The Morgan fingerprint density at radius 2 is 1.00 bits per heavy atom. The Morgan fingerprint density at radius 3 is 1.41 bits per heavy atom. The summed E-state index contributed by atoms with van der Waals surface area (Å²) in [5.41, 5.74) is 2.67. The van der Waals surface area contributed by atoms with Crippen LogP contribution < -0.4 is 21.2 Å². The average molecular weight is 411 g/mol. The van der Waals surface area contributed by atoms with E-state index < -0.39 is 0 Å². The molecule has 5 aromatic rings. The molecule has 0 saturated carbocycles. The third-order valence-corrected chi connectivity index (χ3v) is 7.75.